The lowest BCUT2D eigenvalue weighted by Crippen LogP contribution is -2.38. The quantitative estimate of drug-likeness (QED) is 0.721. The van der Waals surface area contributed by atoms with E-state index in [0.717, 1.165) is 31.8 Å². The zero-order chi connectivity index (χ0) is 9.80. The molecule has 1 saturated heterocycles. The highest BCUT2D eigenvalue weighted by atomic mass is 19.1. The number of alkyl halides is 1. The third-order valence-corrected chi connectivity index (χ3v) is 3.88. The molecule has 2 fully saturated rings. The summed E-state index contributed by atoms with van der Waals surface area (Å²) in [6.07, 6.45) is 8.19. The van der Waals surface area contributed by atoms with E-state index in [1.165, 1.54) is 32.1 Å². The highest BCUT2D eigenvalue weighted by molar-refractivity contribution is 4.80. The molecule has 0 aromatic carbocycles. The second-order valence-electron chi connectivity index (χ2n) is 5.01. The van der Waals surface area contributed by atoms with Crippen LogP contribution in [0.1, 0.15) is 44.9 Å². The number of piperidine rings is 1. The van der Waals surface area contributed by atoms with Gasteiger partial charge in [-0.15, -0.1) is 0 Å². The molecule has 2 aliphatic rings. The first-order chi connectivity index (χ1) is 6.86. The van der Waals surface area contributed by atoms with Crippen LogP contribution in [-0.2, 0) is 0 Å². The van der Waals surface area contributed by atoms with Gasteiger partial charge in [-0.1, -0.05) is 32.1 Å². The van der Waals surface area contributed by atoms with E-state index in [-0.39, 0.29) is 0 Å². The first kappa shape index (κ1) is 10.4. The maximum atomic E-state index is 13.6. The molecule has 2 unspecified atom stereocenters. The van der Waals surface area contributed by atoms with Crippen LogP contribution in [0.3, 0.4) is 0 Å². The first-order valence-corrected chi connectivity index (χ1v) is 6.21. The molecule has 1 nitrogen and oxygen atoms in total. The van der Waals surface area contributed by atoms with Gasteiger partial charge in [-0.05, 0) is 25.3 Å². The average Bonchev–Trinajstić information content (AvgIpc) is 2.23. The van der Waals surface area contributed by atoms with Crippen molar-refractivity contribution in [2.45, 2.75) is 51.1 Å². The topological polar surface area (TPSA) is 12.0 Å². The van der Waals surface area contributed by atoms with Crippen molar-refractivity contribution in [3.8, 4) is 0 Å². The Kier molecular flexibility index (Phi) is 3.80. The molecule has 1 heterocycles. The number of nitrogens with one attached hydrogen (secondary N) is 1. The molecule has 0 radical (unpaired) electrons. The monoisotopic (exact) mass is 199 g/mol. The molecule has 1 saturated carbocycles. The number of hydrogen-bond donors (Lipinski definition) is 1. The Morgan fingerprint density at radius 3 is 2.57 bits per heavy atom. The molecule has 2 rings (SSSR count). The van der Waals surface area contributed by atoms with E-state index in [1.54, 1.807) is 0 Å². The van der Waals surface area contributed by atoms with Crippen molar-refractivity contribution in [1.29, 1.82) is 0 Å². The standard InChI is InChI=1S/C12H22FN/c13-12-6-7-14-9-11(12)8-10-4-2-1-3-5-10/h10-12,14H,1-9H2. The smallest absolute Gasteiger partial charge is 0.105 e. The molecule has 82 valence electrons. The van der Waals surface area contributed by atoms with Crippen LogP contribution in [0.5, 0.6) is 0 Å². The van der Waals surface area contributed by atoms with Gasteiger partial charge in [0.25, 0.3) is 0 Å². The Labute approximate surface area is 86.5 Å². The zero-order valence-corrected chi connectivity index (χ0v) is 8.97. The van der Waals surface area contributed by atoms with Crippen LogP contribution in [0.4, 0.5) is 4.39 Å². The van der Waals surface area contributed by atoms with Crippen molar-refractivity contribution in [3.05, 3.63) is 0 Å². The van der Waals surface area contributed by atoms with Crippen LogP contribution in [0.2, 0.25) is 0 Å². The fraction of sp³-hybridized carbons (Fsp3) is 1.00. The minimum atomic E-state index is -0.529. The molecule has 0 aromatic heterocycles. The Morgan fingerprint density at radius 1 is 1.07 bits per heavy atom. The van der Waals surface area contributed by atoms with Gasteiger partial charge in [-0.2, -0.15) is 0 Å². The van der Waals surface area contributed by atoms with E-state index >= 15 is 0 Å². The summed E-state index contributed by atoms with van der Waals surface area (Å²) in [6.45, 7) is 1.79. The first-order valence-electron chi connectivity index (χ1n) is 6.21. The maximum absolute atomic E-state index is 13.6. The molecule has 2 heteroatoms. The number of hydrogen-bond acceptors (Lipinski definition) is 1. The van der Waals surface area contributed by atoms with Gasteiger partial charge in [0.2, 0.25) is 0 Å². The summed E-state index contributed by atoms with van der Waals surface area (Å²) < 4.78 is 13.6. The SMILES string of the molecule is FC1CCNCC1CC1CCCCC1. The third kappa shape index (κ3) is 2.69. The van der Waals surface area contributed by atoms with Gasteiger partial charge in [0.05, 0.1) is 0 Å². The van der Waals surface area contributed by atoms with Crippen LogP contribution in [0.15, 0.2) is 0 Å². The van der Waals surface area contributed by atoms with Gasteiger partial charge >= 0.3 is 0 Å². The van der Waals surface area contributed by atoms with Crippen molar-refractivity contribution >= 4 is 0 Å². The minimum Gasteiger partial charge on any atom is -0.316 e. The summed E-state index contributed by atoms with van der Waals surface area (Å²) in [5, 5.41) is 3.31. The maximum Gasteiger partial charge on any atom is 0.105 e. The zero-order valence-electron chi connectivity index (χ0n) is 8.97. The van der Waals surface area contributed by atoms with Crippen LogP contribution in [0.25, 0.3) is 0 Å². The van der Waals surface area contributed by atoms with E-state index in [9.17, 15) is 4.39 Å². The Balaban J connectivity index is 1.76. The number of rotatable bonds is 2. The van der Waals surface area contributed by atoms with Gasteiger partial charge in [-0.25, -0.2) is 4.39 Å². The van der Waals surface area contributed by atoms with Crippen LogP contribution in [-0.4, -0.2) is 19.3 Å². The normalized spacial score (nSPS) is 35.8. The van der Waals surface area contributed by atoms with Crippen LogP contribution in [0, 0.1) is 11.8 Å². The Hall–Kier alpha value is -0.110. The number of halogens is 1. The van der Waals surface area contributed by atoms with Gasteiger partial charge in [0, 0.05) is 12.5 Å². The van der Waals surface area contributed by atoms with Crippen LogP contribution < -0.4 is 5.32 Å². The second-order valence-corrected chi connectivity index (χ2v) is 5.01. The van der Waals surface area contributed by atoms with E-state index in [1.807, 2.05) is 0 Å². The van der Waals surface area contributed by atoms with E-state index in [4.69, 9.17) is 0 Å². The van der Waals surface area contributed by atoms with Crippen molar-refractivity contribution in [2.75, 3.05) is 13.1 Å². The summed E-state index contributed by atoms with van der Waals surface area (Å²) in [5.74, 6) is 1.14. The van der Waals surface area contributed by atoms with E-state index in [0.29, 0.717) is 5.92 Å². The fourth-order valence-electron chi connectivity index (χ4n) is 2.97. The molecule has 1 aliphatic heterocycles. The molecule has 1 aliphatic carbocycles. The molecule has 0 spiro atoms. The fourth-order valence-corrected chi connectivity index (χ4v) is 2.97. The molecule has 0 bridgehead atoms. The van der Waals surface area contributed by atoms with Gasteiger partial charge in [0.1, 0.15) is 6.17 Å². The average molecular weight is 199 g/mol. The summed E-state index contributed by atoms with van der Waals surface area (Å²) >= 11 is 0. The molecule has 14 heavy (non-hydrogen) atoms. The lowest BCUT2D eigenvalue weighted by atomic mass is 9.80. The predicted octanol–water partition coefficient (Wildman–Crippen LogP) is 2.90. The second kappa shape index (κ2) is 5.11. The highest BCUT2D eigenvalue weighted by Gasteiger charge is 2.27. The summed E-state index contributed by atoms with van der Waals surface area (Å²) in [5.41, 5.74) is 0. The lowest BCUT2D eigenvalue weighted by Gasteiger charge is -2.31. The molecule has 0 aromatic rings. The third-order valence-electron chi connectivity index (χ3n) is 3.88. The Morgan fingerprint density at radius 2 is 1.86 bits per heavy atom. The minimum absolute atomic E-state index is 0.312. The Bertz CT molecular complexity index is 166. The molecular weight excluding hydrogens is 177 g/mol. The van der Waals surface area contributed by atoms with Gasteiger partial charge in [-0.3, -0.25) is 0 Å². The van der Waals surface area contributed by atoms with Crippen molar-refractivity contribution in [3.63, 3.8) is 0 Å². The summed E-state index contributed by atoms with van der Waals surface area (Å²) in [6, 6.07) is 0. The molecular formula is C12H22FN. The largest absolute Gasteiger partial charge is 0.316 e. The predicted molar refractivity (Wildman–Crippen MR) is 57.1 cm³/mol. The van der Waals surface area contributed by atoms with Gasteiger partial charge < -0.3 is 5.32 Å². The highest BCUT2D eigenvalue weighted by Crippen LogP contribution is 2.31. The van der Waals surface area contributed by atoms with E-state index in [2.05, 4.69) is 5.32 Å². The van der Waals surface area contributed by atoms with Crippen molar-refractivity contribution in [2.24, 2.45) is 11.8 Å². The summed E-state index contributed by atoms with van der Waals surface area (Å²) in [4.78, 5) is 0. The lowest BCUT2D eigenvalue weighted by molar-refractivity contribution is 0.142. The van der Waals surface area contributed by atoms with Crippen molar-refractivity contribution < 1.29 is 4.39 Å². The summed E-state index contributed by atoms with van der Waals surface area (Å²) in [7, 11) is 0. The molecule has 2 atom stereocenters. The van der Waals surface area contributed by atoms with Crippen LogP contribution >= 0.6 is 0 Å². The van der Waals surface area contributed by atoms with Crippen molar-refractivity contribution in [1.82, 2.24) is 5.32 Å². The molecule has 0 amide bonds. The van der Waals surface area contributed by atoms with E-state index < -0.39 is 6.17 Å². The van der Waals surface area contributed by atoms with Gasteiger partial charge in [0.15, 0.2) is 0 Å². The molecule has 1 N–H and O–H groups in total.